The van der Waals surface area contributed by atoms with Crippen LogP contribution in [0.15, 0.2) is 42.5 Å². The molecule has 0 atom stereocenters. The number of hydrogen-bond acceptors (Lipinski definition) is 5. The molecule has 0 unspecified atom stereocenters. The third-order valence-corrected chi connectivity index (χ3v) is 4.92. The first-order chi connectivity index (χ1) is 14.1. The van der Waals surface area contributed by atoms with Crippen molar-refractivity contribution in [3.63, 3.8) is 0 Å². The van der Waals surface area contributed by atoms with Gasteiger partial charge < -0.3 is 25.1 Å². The fraction of sp³-hybridized carbons (Fsp3) is 0.333. The van der Waals surface area contributed by atoms with Gasteiger partial charge in [-0.05, 0) is 49.2 Å². The molecule has 0 spiro atoms. The molecule has 1 amide bonds. The number of carbonyl (C=O) groups is 1. The Hall–Kier alpha value is -2.97. The highest BCUT2D eigenvalue weighted by atomic mass is 19.1. The van der Waals surface area contributed by atoms with Crippen LogP contribution < -0.4 is 15.8 Å². The second-order valence-electron chi connectivity index (χ2n) is 7.02. The minimum Gasteiger partial charge on any atom is -0.457 e. The molecule has 152 valence electrons. The highest BCUT2D eigenvalue weighted by Gasteiger charge is 2.22. The first kappa shape index (κ1) is 19.4. The molecule has 0 aliphatic carbocycles. The number of nitrogens with one attached hydrogen (secondary N) is 1. The topological polar surface area (TPSA) is 91.4 Å². The molecular weight excluding hydrogens is 375 g/mol. The zero-order valence-corrected chi connectivity index (χ0v) is 15.9. The largest absolute Gasteiger partial charge is 0.457 e. The first-order valence-electron chi connectivity index (χ1n) is 9.61. The Kier molecular flexibility index (Phi) is 5.73. The summed E-state index contributed by atoms with van der Waals surface area (Å²) in [5, 5.41) is 3.05. The lowest BCUT2D eigenvalue weighted by atomic mass is 10.1. The maximum absolute atomic E-state index is 13.1. The van der Waals surface area contributed by atoms with Crippen molar-refractivity contribution in [3.05, 3.63) is 54.1 Å². The van der Waals surface area contributed by atoms with E-state index >= 15 is 0 Å². The Morgan fingerprint density at radius 2 is 1.93 bits per heavy atom. The van der Waals surface area contributed by atoms with E-state index in [4.69, 9.17) is 20.2 Å². The van der Waals surface area contributed by atoms with Crippen LogP contribution >= 0.6 is 0 Å². The van der Waals surface area contributed by atoms with Gasteiger partial charge in [-0.2, -0.15) is 0 Å². The summed E-state index contributed by atoms with van der Waals surface area (Å²) in [5.41, 5.74) is 7.03. The molecule has 7 nitrogen and oxygen atoms in total. The monoisotopic (exact) mass is 398 g/mol. The van der Waals surface area contributed by atoms with Crippen molar-refractivity contribution in [3.8, 4) is 11.5 Å². The Labute approximate surface area is 167 Å². The molecule has 0 bridgehead atoms. The Morgan fingerprint density at radius 3 is 2.66 bits per heavy atom. The number of nitrogens with two attached hydrogens (primary N) is 1. The molecule has 0 radical (unpaired) electrons. The molecule has 1 saturated heterocycles. The average Bonchev–Trinajstić information content (AvgIpc) is 3.07. The molecule has 0 saturated carbocycles. The van der Waals surface area contributed by atoms with Gasteiger partial charge in [-0.25, -0.2) is 9.37 Å². The lowest BCUT2D eigenvalue weighted by Gasteiger charge is -2.26. The standard InChI is InChI=1S/C21H23FN4O3/c22-14-1-3-16(4-2-14)29-17-5-6-18-19(11-17)26(15-7-9-28-10-8-15)21(25-18)13-24-12-20(23)27/h1-6,11,15,24H,7-10,12-13H2,(H2,23,27). The molecule has 1 aliphatic heterocycles. The molecule has 8 heteroatoms. The Morgan fingerprint density at radius 1 is 1.21 bits per heavy atom. The van der Waals surface area contributed by atoms with Gasteiger partial charge in [-0.3, -0.25) is 4.79 Å². The number of imidazole rings is 1. The summed E-state index contributed by atoms with van der Waals surface area (Å²) in [6, 6.07) is 11.8. The Balaban J connectivity index is 1.67. The summed E-state index contributed by atoms with van der Waals surface area (Å²) in [4.78, 5) is 15.8. The van der Waals surface area contributed by atoms with E-state index in [9.17, 15) is 9.18 Å². The SMILES string of the molecule is NC(=O)CNCc1nc2ccc(Oc3ccc(F)cc3)cc2n1C1CCOCC1. The average molecular weight is 398 g/mol. The van der Waals surface area contributed by atoms with Crippen LogP contribution in [-0.2, 0) is 16.1 Å². The van der Waals surface area contributed by atoms with Crippen molar-refractivity contribution in [1.82, 2.24) is 14.9 Å². The smallest absolute Gasteiger partial charge is 0.231 e. The minimum atomic E-state index is -0.409. The van der Waals surface area contributed by atoms with E-state index < -0.39 is 5.91 Å². The van der Waals surface area contributed by atoms with E-state index in [0.717, 1.165) is 29.7 Å². The van der Waals surface area contributed by atoms with Gasteiger partial charge in [-0.15, -0.1) is 0 Å². The number of carbonyl (C=O) groups excluding carboxylic acids is 1. The van der Waals surface area contributed by atoms with Crippen molar-refractivity contribution in [2.45, 2.75) is 25.4 Å². The number of rotatable bonds is 7. The summed E-state index contributed by atoms with van der Waals surface area (Å²) in [7, 11) is 0. The zero-order chi connectivity index (χ0) is 20.2. The normalized spacial score (nSPS) is 14.9. The second kappa shape index (κ2) is 8.59. The van der Waals surface area contributed by atoms with Gasteiger partial charge in [0.2, 0.25) is 5.91 Å². The van der Waals surface area contributed by atoms with E-state index in [1.54, 1.807) is 12.1 Å². The van der Waals surface area contributed by atoms with Gasteiger partial charge in [0, 0.05) is 25.3 Å². The second-order valence-corrected chi connectivity index (χ2v) is 7.02. The summed E-state index contributed by atoms with van der Waals surface area (Å²) in [6.45, 7) is 1.92. The summed E-state index contributed by atoms with van der Waals surface area (Å²) < 4.78 is 26.7. The third kappa shape index (κ3) is 4.55. The van der Waals surface area contributed by atoms with E-state index in [1.807, 2.05) is 18.2 Å². The maximum atomic E-state index is 13.1. The lowest BCUT2D eigenvalue weighted by molar-refractivity contribution is -0.117. The fourth-order valence-corrected chi connectivity index (χ4v) is 3.60. The predicted octanol–water partition coefficient (Wildman–Crippen LogP) is 2.89. The van der Waals surface area contributed by atoms with Crippen LogP contribution in [0, 0.1) is 5.82 Å². The van der Waals surface area contributed by atoms with Crippen molar-refractivity contribution in [1.29, 1.82) is 0 Å². The van der Waals surface area contributed by atoms with Gasteiger partial charge in [0.05, 0.1) is 24.1 Å². The molecule has 2 heterocycles. The van der Waals surface area contributed by atoms with Crippen molar-refractivity contribution in [2.75, 3.05) is 19.8 Å². The van der Waals surface area contributed by atoms with Crippen LogP contribution in [0.5, 0.6) is 11.5 Å². The van der Waals surface area contributed by atoms with Crippen LogP contribution in [0.1, 0.15) is 24.7 Å². The van der Waals surface area contributed by atoms with Crippen LogP contribution in [-0.4, -0.2) is 35.2 Å². The molecule has 4 rings (SSSR count). The fourth-order valence-electron chi connectivity index (χ4n) is 3.60. The molecular formula is C21H23FN4O3. The number of halogens is 1. The van der Waals surface area contributed by atoms with E-state index in [0.29, 0.717) is 31.3 Å². The number of benzene rings is 2. The molecule has 1 aliphatic rings. The first-order valence-corrected chi connectivity index (χ1v) is 9.61. The maximum Gasteiger partial charge on any atom is 0.231 e. The highest BCUT2D eigenvalue weighted by Crippen LogP contribution is 2.31. The lowest BCUT2D eigenvalue weighted by Crippen LogP contribution is -2.30. The molecule has 29 heavy (non-hydrogen) atoms. The van der Waals surface area contributed by atoms with Gasteiger partial charge in [0.15, 0.2) is 0 Å². The number of aromatic nitrogens is 2. The van der Waals surface area contributed by atoms with Crippen LogP contribution in [0.4, 0.5) is 4.39 Å². The van der Waals surface area contributed by atoms with Gasteiger partial charge in [0.1, 0.15) is 23.1 Å². The van der Waals surface area contributed by atoms with E-state index in [2.05, 4.69) is 9.88 Å². The zero-order valence-electron chi connectivity index (χ0n) is 15.9. The summed E-state index contributed by atoms with van der Waals surface area (Å²) in [5.74, 6) is 1.33. The third-order valence-electron chi connectivity index (χ3n) is 4.92. The Bertz CT molecular complexity index is 997. The van der Waals surface area contributed by atoms with Gasteiger partial charge in [-0.1, -0.05) is 0 Å². The van der Waals surface area contributed by atoms with E-state index in [-0.39, 0.29) is 18.4 Å². The predicted molar refractivity (Wildman–Crippen MR) is 106 cm³/mol. The van der Waals surface area contributed by atoms with Gasteiger partial charge >= 0.3 is 0 Å². The van der Waals surface area contributed by atoms with Crippen LogP contribution in [0.3, 0.4) is 0 Å². The molecule has 3 aromatic rings. The van der Waals surface area contributed by atoms with E-state index in [1.165, 1.54) is 12.1 Å². The molecule has 2 aromatic carbocycles. The van der Waals surface area contributed by atoms with Crippen LogP contribution in [0.2, 0.25) is 0 Å². The summed E-state index contributed by atoms with van der Waals surface area (Å²) >= 11 is 0. The van der Waals surface area contributed by atoms with Crippen LogP contribution in [0.25, 0.3) is 11.0 Å². The summed E-state index contributed by atoms with van der Waals surface area (Å²) in [6.07, 6.45) is 1.77. The molecule has 1 aromatic heterocycles. The quantitative estimate of drug-likeness (QED) is 0.639. The number of nitrogens with zero attached hydrogens (tertiary/aromatic N) is 2. The van der Waals surface area contributed by atoms with Gasteiger partial charge in [0.25, 0.3) is 0 Å². The molecule has 1 fully saturated rings. The molecule has 3 N–H and O–H groups in total. The number of hydrogen-bond donors (Lipinski definition) is 2. The number of ether oxygens (including phenoxy) is 2. The number of primary amides is 1. The van der Waals surface area contributed by atoms with Crippen molar-refractivity contribution in [2.24, 2.45) is 5.73 Å². The number of fused-ring (bicyclic) bond motifs is 1. The van der Waals surface area contributed by atoms with Crippen molar-refractivity contribution < 1.29 is 18.7 Å². The minimum absolute atomic E-state index is 0.0932. The van der Waals surface area contributed by atoms with Crippen molar-refractivity contribution >= 4 is 16.9 Å². The number of amides is 1. The highest BCUT2D eigenvalue weighted by molar-refractivity contribution is 5.78.